The molecule has 1 aromatic heterocycles. The highest BCUT2D eigenvalue weighted by molar-refractivity contribution is 7.98. The number of alkyl halides is 6. The predicted molar refractivity (Wildman–Crippen MR) is 80.2 cm³/mol. The Morgan fingerprint density at radius 1 is 1.12 bits per heavy atom. The second-order valence-corrected chi connectivity index (χ2v) is 6.71. The van der Waals surface area contributed by atoms with E-state index in [0.29, 0.717) is 5.03 Å². The zero-order valence-corrected chi connectivity index (χ0v) is 13.9. The zero-order valence-electron chi connectivity index (χ0n) is 13.1. The third-order valence-electron chi connectivity index (χ3n) is 4.18. The van der Waals surface area contributed by atoms with Crippen molar-refractivity contribution in [2.75, 3.05) is 6.26 Å². The first-order valence-corrected chi connectivity index (χ1v) is 8.68. The lowest BCUT2D eigenvalue weighted by Gasteiger charge is -2.37. The van der Waals surface area contributed by atoms with Crippen LogP contribution in [-0.4, -0.2) is 35.5 Å². The summed E-state index contributed by atoms with van der Waals surface area (Å²) in [4.78, 5) is 16.2. The van der Waals surface area contributed by atoms with Gasteiger partial charge in [0.25, 0.3) is 5.91 Å². The monoisotopic (exact) mass is 386 g/mol. The van der Waals surface area contributed by atoms with Crippen molar-refractivity contribution in [1.82, 2.24) is 10.3 Å². The smallest absolute Gasteiger partial charge is 0.349 e. The van der Waals surface area contributed by atoms with E-state index >= 15 is 0 Å². The van der Waals surface area contributed by atoms with Crippen molar-refractivity contribution >= 4 is 17.7 Å². The summed E-state index contributed by atoms with van der Waals surface area (Å²) in [6.07, 6.45) is -8.46. The van der Waals surface area contributed by atoms with Crippen LogP contribution in [0, 0.1) is 11.8 Å². The average molecular weight is 386 g/mol. The van der Waals surface area contributed by atoms with Gasteiger partial charge in [-0.05, 0) is 37.7 Å². The van der Waals surface area contributed by atoms with E-state index in [0.717, 1.165) is 11.8 Å². The minimum atomic E-state index is -4.73. The van der Waals surface area contributed by atoms with Crippen molar-refractivity contribution in [2.45, 2.75) is 42.7 Å². The molecule has 1 aromatic rings. The highest BCUT2D eigenvalue weighted by atomic mass is 32.2. The van der Waals surface area contributed by atoms with Gasteiger partial charge < -0.3 is 5.32 Å². The number of carbonyl (C=O) groups is 1. The quantitative estimate of drug-likeness (QED) is 0.617. The molecule has 0 aromatic carbocycles. The van der Waals surface area contributed by atoms with Gasteiger partial charge in [0, 0.05) is 12.2 Å². The number of nitrogens with one attached hydrogen (secondary N) is 1. The maximum absolute atomic E-state index is 13.0. The summed E-state index contributed by atoms with van der Waals surface area (Å²) in [5.74, 6) is -4.90. The fraction of sp³-hybridized carbons (Fsp3) is 0.600. The minimum absolute atomic E-state index is 0.132. The fourth-order valence-corrected chi connectivity index (χ4v) is 3.51. The first-order valence-electron chi connectivity index (χ1n) is 7.45. The molecule has 10 heteroatoms. The third kappa shape index (κ3) is 5.02. The van der Waals surface area contributed by atoms with Crippen LogP contribution < -0.4 is 5.32 Å². The van der Waals surface area contributed by atoms with E-state index in [9.17, 15) is 31.1 Å². The maximum Gasteiger partial charge on any atom is 0.391 e. The fourth-order valence-electron chi connectivity index (χ4n) is 2.96. The number of nitrogens with zero attached hydrogens (tertiary/aromatic N) is 1. The van der Waals surface area contributed by atoms with Gasteiger partial charge >= 0.3 is 12.4 Å². The van der Waals surface area contributed by atoms with Gasteiger partial charge in [-0.25, -0.2) is 4.98 Å². The number of carbonyl (C=O) groups excluding carboxylic acids is 1. The van der Waals surface area contributed by atoms with Crippen molar-refractivity contribution in [3.05, 3.63) is 23.9 Å². The Labute approximate surface area is 144 Å². The summed E-state index contributed by atoms with van der Waals surface area (Å²) >= 11 is 1.16. The van der Waals surface area contributed by atoms with Crippen molar-refractivity contribution < 1.29 is 31.1 Å². The van der Waals surface area contributed by atoms with Gasteiger partial charge in [0.1, 0.15) is 5.03 Å². The Morgan fingerprint density at radius 3 is 2.16 bits per heavy atom. The van der Waals surface area contributed by atoms with Gasteiger partial charge in [-0.1, -0.05) is 0 Å². The van der Waals surface area contributed by atoms with Crippen molar-refractivity contribution in [3.63, 3.8) is 0 Å². The molecule has 1 saturated carbocycles. The Kier molecular flexibility index (Phi) is 5.90. The lowest BCUT2D eigenvalue weighted by Crippen LogP contribution is -2.47. The first-order chi connectivity index (χ1) is 11.5. The standard InChI is InChI=1S/C15H16F6N2OS/c1-25-13-11(3-2-4-22-13)12(24)23-10-6-8(14(16,17)18)5-9(7-10)15(19,20)21/h2-4,8-10H,5-7H2,1H3,(H,23,24). The van der Waals surface area contributed by atoms with Crippen LogP contribution in [0.3, 0.4) is 0 Å². The number of halogens is 6. The molecule has 1 fully saturated rings. The molecular formula is C15H16F6N2OS. The van der Waals surface area contributed by atoms with Crippen molar-refractivity contribution in [1.29, 1.82) is 0 Å². The number of aromatic nitrogens is 1. The molecule has 0 bridgehead atoms. The molecule has 140 valence electrons. The highest BCUT2D eigenvalue weighted by Crippen LogP contribution is 2.45. The molecule has 1 aliphatic carbocycles. The largest absolute Gasteiger partial charge is 0.391 e. The van der Waals surface area contributed by atoms with Crippen LogP contribution >= 0.6 is 11.8 Å². The molecule has 1 amide bonds. The van der Waals surface area contributed by atoms with Crippen LogP contribution in [0.1, 0.15) is 29.6 Å². The van der Waals surface area contributed by atoms with Gasteiger partial charge in [0.05, 0.1) is 17.4 Å². The molecule has 0 aliphatic heterocycles. The average Bonchev–Trinajstić information content (AvgIpc) is 2.52. The van der Waals surface area contributed by atoms with Crippen molar-refractivity contribution in [3.8, 4) is 0 Å². The van der Waals surface area contributed by atoms with Gasteiger partial charge in [-0.2, -0.15) is 26.3 Å². The van der Waals surface area contributed by atoms with Crippen LogP contribution in [0.5, 0.6) is 0 Å². The molecule has 2 atom stereocenters. The van der Waals surface area contributed by atoms with Crippen molar-refractivity contribution in [2.24, 2.45) is 11.8 Å². The summed E-state index contributed by atoms with van der Waals surface area (Å²) in [7, 11) is 0. The number of thioether (sulfide) groups is 1. The van der Waals surface area contributed by atoms with Gasteiger partial charge in [0.2, 0.25) is 0 Å². The molecule has 0 radical (unpaired) electrons. The number of pyridine rings is 1. The molecule has 1 heterocycles. The molecule has 0 saturated heterocycles. The van der Waals surface area contributed by atoms with Crippen LogP contribution in [0.2, 0.25) is 0 Å². The zero-order chi connectivity index (χ0) is 18.8. The number of hydrogen-bond acceptors (Lipinski definition) is 3. The van der Waals surface area contributed by atoms with Crippen LogP contribution in [-0.2, 0) is 0 Å². The summed E-state index contributed by atoms with van der Waals surface area (Å²) in [6, 6.07) is 1.71. The second kappa shape index (κ2) is 7.43. The topological polar surface area (TPSA) is 42.0 Å². The lowest BCUT2D eigenvalue weighted by molar-refractivity contribution is -0.225. The Bertz CT molecular complexity index is 597. The Balaban J connectivity index is 2.17. The first kappa shape index (κ1) is 19.9. The summed E-state index contributed by atoms with van der Waals surface area (Å²) in [5.41, 5.74) is 0.132. The minimum Gasteiger partial charge on any atom is -0.349 e. The molecular weight excluding hydrogens is 370 g/mol. The van der Waals surface area contributed by atoms with E-state index in [1.54, 1.807) is 6.26 Å². The molecule has 2 unspecified atom stereocenters. The molecule has 1 N–H and O–H groups in total. The van der Waals surface area contributed by atoms with Crippen LogP contribution in [0.25, 0.3) is 0 Å². The summed E-state index contributed by atoms with van der Waals surface area (Å²) in [5, 5.41) is 2.68. The summed E-state index contributed by atoms with van der Waals surface area (Å²) < 4.78 is 77.8. The Hall–Kier alpha value is -1.45. The van der Waals surface area contributed by atoms with E-state index in [1.807, 2.05) is 0 Å². The second-order valence-electron chi connectivity index (χ2n) is 5.91. The third-order valence-corrected chi connectivity index (χ3v) is 4.89. The predicted octanol–water partition coefficient (Wildman–Crippen LogP) is 4.44. The van der Waals surface area contributed by atoms with Gasteiger partial charge in [-0.3, -0.25) is 4.79 Å². The number of rotatable bonds is 3. The van der Waals surface area contributed by atoms with E-state index in [4.69, 9.17) is 0 Å². The van der Waals surface area contributed by atoms with Gasteiger partial charge in [-0.15, -0.1) is 11.8 Å². The molecule has 2 rings (SSSR count). The van der Waals surface area contributed by atoms with E-state index in [-0.39, 0.29) is 5.56 Å². The molecule has 25 heavy (non-hydrogen) atoms. The van der Waals surface area contributed by atoms with Gasteiger partial charge in [0.15, 0.2) is 0 Å². The lowest BCUT2D eigenvalue weighted by atomic mass is 9.77. The Morgan fingerprint density at radius 2 is 1.68 bits per heavy atom. The van der Waals surface area contributed by atoms with E-state index in [2.05, 4.69) is 10.3 Å². The van der Waals surface area contributed by atoms with Crippen LogP contribution in [0.4, 0.5) is 26.3 Å². The van der Waals surface area contributed by atoms with E-state index < -0.39 is 55.4 Å². The van der Waals surface area contributed by atoms with Crippen LogP contribution in [0.15, 0.2) is 23.4 Å². The number of hydrogen-bond donors (Lipinski definition) is 1. The normalized spacial score (nSPS) is 24.8. The van der Waals surface area contributed by atoms with E-state index in [1.165, 1.54) is 18.3 Å². The summed E-state index contributed by atoms with van der Waals surface area (Å²) in [6.45, 7) is 0. The SMILES string of the molecule is CSc1ncccc1C(=O)NC1CC(C(F)(F)F)CC(C(F)(F)F)C1. The molecule has 0 spiro atoms. The maximum atomic E-state index is 13.0. The molecule has 1 aliphatic rings. The molecule has 3 nitrogen and oxygen atoms in total. The highest BCUT2D eigenvalue weighted by Gasteiger charge is 2.52. The number of amides is 1.